The van der Waals surface area contributed by atoms with Crippen LogP contribution in [0.15, 0.2) is 58.5 Å². The molecule has 8 heteroatoms. The first-order chi connectivity index (χ1) is 13.9. The Bertz CT molecular complexity index is 1160. The summed E-state index contributed by atoms with van der Waals surface area (Å²) in [6.07, 6.45) is 0. The minimum Gasteiger partial charge on any atom is -0.325 e. The molecule has 2 N–H and O–H groups in total. The third-order valence-electron chi connectivity index (χ3n) is 4.24. The maximum Gasteiger partial charge on any atom is 0.270 e. The van der Waals surface area contributed by atoms with Crippen LogP contribution in [-0.4, -0.2) is 21.1 Å². The molecule has 0 saturated heterocycles. The third kappa shape index (κ3) is 4.67. The van der Waals surface area contributed by atoms with Gasteiger partial charge in [-0.2, -0.15) is 5.26 Å². The van der Waals surface area contributed by atoms with Gasteiger partial charge in [-0.25, -0.2) is 4.98 Å². The van der Waals surface area contributed by atoms with Gasteiger partial charge in [0.1, 0.15) is 11.6 Å². The predicted molar refractivity (Wildman–Crippen MR) is 115 cm³/mol. The Kier molecular flexibility index (Phi) is 6.37. The Morgan fingerprint density at radius 3 is 2.66 bits per heavy atom. The molecule has 0 saturated carbocycles. The van der Waals surface area contributed by atoms with Gasteiger partial charge in [-0.3, -0.25) is 9.59 Å². The number of halogens is 1. The number of nitriles is 1. The number of carbonyl (C=O) groups is 1. The van der Waals surface area contributed by atoms with Gasteiger partial charge in [-0.1, -0.05) is 59.8 Å². The topological polar surface area (TPSA) is 98.6 Å². The molecule has 0 aliphatic rings. The second-order valence-electron chi connectivity index (χ2n) is 6.23. The van der Waals surface area contributed by atoms with Crippen molar-refractivity contribution in [3.8, 4) is 17.3 Å². The first kappa shape index (κ1) is 20.6. The molecule has 146 valence electrons. The van der Waals surface area contributed by atoms with E-state index in [9.17, 15) is 14.9 Å². The number of amides is 1. The molecule has 0 aliphatic carbocycles. The SMILES string of the molecule is Cc1c(Cl)cccc1NC(=O)C(C)Sc1nc(-c2ccccc2)c(C#N)c(=O)[nH]1. The number of hydrogen-bond acceptors (Lipinski definition) is 5. The molecule has 3 rings (SSSR count). The van der Waals surface area contributed by atoms with Crippen molar-refractivity contribution < 1.29 is 4.79 Å². The minimum atomic E-state index is -0.548. The fourth-order valence-corrected chi connectivity index (χ4v) is 3.59. The molecule has 0 bridgehead atoms. The maximum absolute atomic E-state index is 12.6. The van der Waals surface area contributed by atoms with Crippen molar-refractivity contribution in [2.75, 3.05) is 5.32 Å². The molecule has 2 aromatic carbocycles. The molecular formula is C21H17ClN4O2S. The zero-order valence-electron chi connectivity index (χ0n) is 15.7. The van der Waals surface area contributed by atoms with Gasteiger partial charge in [0.25, 0.3) is 5.56 Å². The molecule has 1 amide bonds. The summed E-state index contributed by atoms with van der Waals surface area (Å²) in [6, 6.07) is 16.2. The Morgan fingerprint density at radius 2 is 1.97 bits per heavy atom. The van der Waals surface area contributed by atoms with Gasteiger partial charge in [0.2, 0.25) is 5.91 Å². The van der Waals surface area contributed by atoms with Crippen LogP contribution in [0, 0.1) is 18.3 Å². The molecule has 6 nitrogen and oxygen atoms in total. The maximum atomic E-state index is 12.6. The molecule has 1 heterocycles. The first-order valence-electron chi connectivity index (χ1n) is 8.73. The second-order valence-corrected chi connectivity index (χ2v) is 7.97. The number of nitrogens with one attached hydrogen (secondary N) is 2. The number of aromatic nitrogens is 2. The minimum absolute atomic E-state index is 0.0628. The van der Waals surface area contributed by atoms with E-state index in [2.05, 4.69) is 15.3 Å². The average molecular weight is 425 g/mol. The van der Waals surface area contributed by atoms with Crippen LogP contribution in [0.4, 0.5) is 5.69 Å². The monoisotopic (exact) mass is 424 g/mol. The van der Waals surface area contributed by atoms with E-state index >= 15 is 0 Å². The van der Waals surface area contributed by atoms with E-state index in [0.29, 0.717) is 16.3 Å². The molecule has 0 radical (unpaired) electrons. The van der Waals surface area contributed by atoms with Gasteiger partial charge in [-0.05, 0) is 31.5 Å². The number of rotatable bonds is 5. The number of benzene rings is 2. The Labute approximate surface area is 177 Å². The molecule has 29 heavy (non-hydrogen) atoms. The Morgan fingerprint density at radius 1 is 1.24 bits per heavy atom. The van der Waals surface area contributed by atoms with Crippen LogP contribution in [0.1, 0.15) is 18.1 Å². The highest BCUT2D eigenvalue weighted by Gasteiger charge is 2.20. The third-order valence-corrected chi connectivity index (χ3v) is 5.63. The molecule has 0 spiro atoms. The van der Waals surface area contributed by atoms with Crippen LogP contribution in [0.2, 0.25) is 5.02 Å². The second kappa shape index (κ2) is 8.95. The summed E-state index contributed by atoms with van der Waals surface area (Å²) in [6.45, 7) is 3.53. The van der Waals surface area contributed by atoms with Crippen LogP contribution in [0.25, 0.3) is 11.3 Å². The lowest BCUT2D eigenvalue weighted by Crippen LogP contribution is -2.24. The Balaban J connectivity index is 1.85. The van der Waals surface area contributed by atoms with E-state index in [1.165, 1.54) is 0 Å². The zero-order chi connectivity index (χ0) is 21.0. The van der Waals surface area contributed by atoms with Gasteiger partial charge in [0, 0.05) is 16.3 Å². The fourth-order valence-electron chi connectivity index (χ4n) is 2.62. The molecule has 1 unspecified atom stereocenters. The van der Waals surface area contributed by atoms with Crippen LogP contribution in [0.3, 0.4) is 0 Å². The van der Waals surface area contributed by atoms with Crippen molar-refractivity contribution in [2.24, 2.45) is 0 Å². The number of thioether (sulfide) groups is 1. The lowest BCUT2D eigenvalue weighted by molar-refractivity contribution is -0.115. The summed E-state index contributed by atoms with van der Waals surface area (Å²) < 4.78 is 0. The van der Waals surface area contributed by atoms with Crippen molar-refractivity contribution in [3.63, 3.8) is 0 Å². The number of aromatic amines is 1. The first-order valence-corrected chi connectivity index (χ1v) is 9.99. The van der Waals surface area contributed by atoms with Crippen LogP contribution < -0.4 is 10.9 Å². The Hall–Kier alpha value is -3.08. The molecule has 0 aliphatic heterocycles. The molecule has 3 aromatic rings. The highest BCUT2D eigenvalue weighted by Crippen LogP contribution is 2.27. The zero-order valence-corrected chi connectivity index (χ0v) is 17.3. The van der Waals surface area contributed by atoms with E-state index in [1.807, 2.05) is 19.1 Å². The van der Waals surface area contributed by atoms with Crippen LogP contribution in [-0.2, 0) is 4.79 Å². The molecule has 0 fully saturated rings. The molecular weight excluding hydrogens is 408 g/mol. The lowest BCUT2D eigenvalue weighted by atomic mass is 10.1. The van der Waals surface area contributed by atoms with Gasteiger partial charge >= 0.3 is 0 Å². The van der Waals surface area contributed by atoms with E-state index in [4.69, 9.17) is 11.6 Å². The largest absolute Gasteiger partial charge is 0.325 e. The number of H-pyrrole nitrogens is 1. The van der Waals surface area contributed by atoms with Crippen LogP contribution in [0.5, 0.6) is 0 Å². The summed E-state index contributed by atoms with van der Waals surface area (Å²) in [4.78, 5) is 31.9. The van der Waals surface area contributed by atoms with Crippen molar-refractivity contribution in [2.45, 2.75) is 24.3 Å². The molecule has 1 aromatic heterocycles. The van der Waals surface area contributed by atoms with Crippen molar-refractivity contribution in [1.82, 2.24) is 9.97 Å². The fraction of sp³-hybridized carbons (Fsp3) is 0.143. The number of nitrogens with zero attached hydrogens (tertiary/aromatic N) is 2. The van der Waals surface area contributed by atoms with Gasteiger partial charge < -0.3 is 10.3 Å². The predicted octanol–water partition coefficient (Wildman–Crippen LogP) is 4.39. The van der Waals surface area contributed by atoms with E-state index < -0.39 is 10.8 Å². The number of carbonyl (C=O) groups excluding carboxylic acids is 1. The van der Waals surface area contributed by atoms with Gasteiger partial charge in [0.05, 0.1) is 10.9 Å². The summed E-state index contributed by atoms with van der Waals surface area (Å²) in [5.41, 5.74) is 1.74. The smallest absolute Gasteiger partial charge is 0.270 e. The van der Waals surface area contributed by atoms with Crippen molar-refractivity contribution >= 4 is 35.0 Å². The standard InChI is InChI=1S/C21H17ClN4O2S/c1-12-16(22)9-6-10-17(12)24-19(27)13(2)29-21-25-18(14-7-4-3-5-8-14)15(11-23)20(28)26-21/h3-10,13H,1-2H3,(H,24,27)(H,25,26,28). The quantitative estimate of drug-likeness (QED) is 0.467. The van der Waals surface area contributed by atoms with E-state index in [0.717, 1.165) is 17.3 Å². The van der Waals surface area contributed by atoms with Crippen LogP contribution >= 0.6 is 23.4 Å². The van der Waals surface area contributed by atoms with E-state index in [-0.39, 0.29) is 22.3 Å². The number of hydrogen-bond donors (Lipinski definition) is 2. The molecule has 1 atom stereocenters. The van der Waals surface area contributed by atoms with Crippen molar-refractivity contribution in [1.29, 1.82) is 5.26 Å². The highest BCUT2D eigenvalue weighted by atomic mass is 35.5. The number of anilines is 1. The van der Waals surface area contributed by atoms with Gasteiger partial charge in [-0.15, -0.1) is 0 Å². The summed E-state index contributed by atoms with van der Waals surface area (Å²) in [5.74, 6) is -0.256. The van der Waals surface area contributed by atoms with E-state index in [1.54, 1.807) is 49.4 Å². The lowest BCUT2D eigenvalue weighted by Gasteiger charge is -2.14. The summed E-state index contributed by atoms with van der Waals surface area (Å²) >= 11 is 7.20. The summed E-state index contributed by atoms with van der Waals surface area (Å²) in [5, 5.41) is 12.5. The summed E-state index contributed by atoms with van der Waals surface area (Å²) in [7, 11) is 0. The normalized spacial score (nSPS) is 11.5. The van der Waals surface area contributed by atoms with Crippen molar-refractivity contribution in [3.05, 3.63) is 75.0 Å². The highest BCUT2D eigenvalue weighted by molar-refractivity contribution is 8.00. The van der Waals surface area contributed by atoms with Gasteiger partial charge in [0.15, 0.2) is 5.16 Å². The average Bonchev–Trinajstić information content (AvgIpc) is 2.71.